The second-order valence-corrected chi connectivity index (χ2v) is 9.23. The third-order valence-corrected chi connectivity index (χ3v) is 0.872. The summed E-state index contributed by atoms with van der Waals surface area (Å²) in [4.78, 5) is 0. The van der Waals surface area contributed by atoms with Gasteiger partial charge in [-0.05, 0) is 12.1 Å². The SMILES string of the molecule is [CH3][Ge]([CH3])[CH3].[N-]=Nc1ccccc1. The molecule has 0 aliphatic heterocycles. The normalized spacial score (nSPS) is 8.67. The van der Waals surface area contributed by atoms with Crippen LogP contribution in [0, 0.1) is 0 Å². The Labute approximate surface area is 78.6 Å². The number of benzene rings is 1. The van der Waals surface area contributed by atoms with Crippen molar-refractivity contribution in [3.8, 4) is 0 Å². The van der Waals surface area contributed by atoms with Crippen LogP contribution in [0.2, 0.25) is 17.3 Å². The quantitative estimate of drug-likeness (QED) is 0.513. The molecule has 0 heterocycles. The monoisotopic (exact) mass is 224 g/mol. The number of rotatable bonds is 1. The molecule has 0 N–H and O–H groups in total. The summed E-state index contributed by atoms with van der Waals surface area (Å²) < 4.78 is 0. The molecule has 1 radical (unpaired) electrons. The zero-order valence-corrected chi connectivity index (χ0v) is 9.88. The average Bonchev–Trinajstić information content (AvgIpc) is 2.05. The fraction of sp³-hybridized carbons (Fsp3) is 0.333. The van der Waals surface area contributed by atoms with Gasteiger partial charge >= 0.3 is 31.6 Å². The fourth-order valence-electron chi connectivity index (χ4n) is 0.495. The Hall–Kier alpha value is -0.637. The first-order valence-electron chi connectivity index (χ1n) is 3.83. The molecule has 2 nitrogen and oxygen atoms in total. The van der Waals surface area contributed by atoms with Gasteiger partial charge in [-0.15, -0.1) is 0 Å². The molecule has 0 bridgehead atoms. The molecule has 0 spiro atoms. The Morgan fingerprint density at radius 1 is 1.08 bits per heavy atom. The van der Waals surface area contributed by atoms with E-state index in [1.165, 1.54) is 0 Å². The van der Waals surface area contributed by atoms with Gasteiger partial charge in [-0.3, -0.25) is 0 Å². The molecule has 65 valence electrons. The second-order valence-electron chi connectivity index (χ2n) is 2.94. The van der Waals surface area contributed by atoms with Gasteiger partial charge in [-0.1, -0.05) is 18.2 Å². The smallest absolute Gasteiger partial charge is 0.0396 e. The third-order valence-electron chi connectivity index (χ3n) is 0.872. The summed E-state index contributed by atoms with van der Waals surface area (Å²) in [7, 11) is 0. The minimum atomic E-state index is -0.333. The van der Waals surface area contributed by atoms with E-state index in [9.17, 15) is 0 Å². The average molecular weight is 223 g/mol. The maximum Gasteiger partial charge on any atom is 0.0396 e. The maximum absolute atomic E-state index is 8.16. The molecule has 3 heteroatoms. The summed E-state index contributed by atoms with van der Waals surface area (Å²) >= 11 is -0.333. The topological polar surface area (TPSA) is 34.7 Å². The molecule has 1 aromatic rings. The maximum atomic E-state index is 8.16. The van der Waals surface area contributed by atoms with E-state index in [0.29, 0.717) is 5.69 Å². The summed E-state index contributed by atoms with van der Waals surface area (Å²) in [6.45, 7) is 0. The second kappa shape index (κ2) is 7.04. The van der Waals surface area contributed by atoms with Crippen LogP contribution < -0.4 is 0 Å². The molecular weight excluding hydrogens is 209 g/mol. The van der Waals surface area contributed by atoms with Crippen LogP contribution in [0.15, 0.2) is 35.4 Å². The van der Waals surface area contributed by atoms with Gasteiger partial charge in [0.2, 0.25) is 0 Å². The molecule has 0 amide bonds. The van der Waals surface area contributed by atoms with E-state index in [0.717, 1.165) is 0 Å². The molecule has 0 atom stereocenters. The molecule has 12 heavy (non-hydrogen) atoms. The van der Waals surface area contributed by atoms with Gasteiger partial charge < -0.3 is 10.6 Å². The van der Waals surface area contributed by atoms with Gasteiger partial charge in [-0.25, -0.2) is 0 Å². The van der Waals surface area contributed by atoms with Crippen LogP contribution in [0.5, 0.6) is 0 Å². The summed E-state index contributed by atoms with van der Waals surface area (Å²) in [5.74, 6) is 7.00. The molecular formula is C9H14GeN2-. The molecule has 0 unspecified atom stereocenters. The Morgan fingerprint density at radius 2 is 1.50 bits per heavy atom. The Kier molecular flexibility index (Phi) is 6.66. The molecule has 0 fully saturated rings. The van der Waals surface area contributed by atoms with Gasteiger partial charge in [0, 0.05) is 5.69 Å². The van der Waals surface area contributed by atoms with Crippen LogP contribution >= 0.6 is 0 Å². The predicted molar refractivity (Wildman–Crippen MR) is 55.2 cm³/mol. The first kappa shape index (κ1) is 11.4. The van der Waals surface area contributed by atoms with Crippen molar-refractivity contribution in [1.29, 1.82) is 0 Å². The Morgan fingerprint density at radius 3 is 1.75 bits per heavy atom. The van der Waals surface area contributed by atoms with E-state index in [2.05, 4.69) is 22.4 Å². The third kappa shape index (κ3) is 7.47. The predicted octanol–water partition coefficient (Wildman–Crippen LogP) is 3.71. The first-order chi connectivity index (χ1) is 5.66. The van der Waals surface area contributed by atoms with Crippen molar-refractivity contribution < 1.29 is 0 Å². The van der Waals surface area contributed by atoms with Crippen LogP contribution in [0.4, 0.5) is 5.69 Å². The minimum absolute atomic E-state index is 0.333. The zero-order valence-electron chi connectivity index (χ0n) is 7.78. The van der Waals surface area contributed by atoms with Gasteiger partial charge in [-0.2, -0.15) is 0 Å². The van der Waals surface area contributed by atoms with E-state index in [-0.39, 0.29) is 14.3 Å². The zero-order chi connectivity index (χ0) is 9.40. The molecule has 0 aliphatic carbocycles. The first-order valence-corrected chi connectivity index (χ1v) is 10.1. The number of nitrogens with zero attached hydrogens (tertiary/aromatic N) is 2. The van der Waals surface area contributed by atoms with Crippen molar-refractivity contribution >= 4 is 20.0 Å². The Balaban J connectivity index is 0.000000261. The van der Waals surface area contributed by atoms with E-state index in [1.54, 1.807) is 12.1 Å². The van der Waals surface area contributed by atoms with Crippen molar-refractivity contribution in [1.82, 2.24) is 0 Å². The van der Waals surface area contributed by atoms with Crippen molar-refractivity contribution in [2.24, 2.45) is 5.11 Å². The molecule has 0 saturated heterocycles. The standard InChI is InChI=1S/C6H5N2.C3H9Ge/c7-8-6-4-2-1-3-5-6;1-4(2)3/h1-5H;1-3H3/q-1;. The summed E-state index contributed by atoms with van der Waals surface area (Å²) in [6, 6.07) is 8.94. The van der Waals surface area contributed by atoms with Gasteiger partial charge in [0.15, 0.2) is 0 Å². The number of hydrogen-bond donors (Lipinski definition) is 0. The van der Waals surface area contributed by atoms with Gasteiger partial charge in [0.1, 0.15) is 0 Å². The summed E-state index contributed by atoms with van der Waals surface area (Å²) in [5, 5.41) is 2.97. The van der Waals surface area contributed by atoms with Crippen LogP contribution in [0.1, 0.15) is 0 Å². The van der Waals surface area contributed by atoms with E-state index in [4.69, 9.17) is 5.53 Å². The van der Waals surface area contributed by atoms with Gasteiger partial charge in [0.05, 0.1) is 0 Å². The van der Waals surface area contributed by atoms with Crippen molar-refractivity contribution in [2.75, 3.05) is 0 Å². The molecule has 0 aromatic heterocycles. The molecule has 1 aromatic carbocycles. The minimum Gasteiger partial charge on any atom is -0.706 e. The van der Waals surface area contributed by atoms with Gasteiger partial charge in [0.25, 0.3) is 0 Å². The summed E-state index contributed by atoms with van der Waals surface area (Å²) in [5.41, 5.74) is 8.75. The van der Waals surface area contributed by atoms with E-state index < -0.39 is 0 Å². The van der Waals surface area contributed by atoms with Crippen LogP contribution in [0.3, 0.4) is 0 Å². The molecule has 0 saturated carbocycles. The molecule has 0 aliphatic rings. The number of hydrogen-bond acceptors (Lipinski definition) is 1. The van der Waals surface area contributed by atoms with Crippen molar-refractivity contribution in [2.45, 2.75) is 17.3 Å². The fourth-order valence-corrected chi connectivity index (χ4v) is 0.495. The van der Waals surface area contributed by atoms with Crippen LogP contribution in [-0.2, 0) is 0 Å². The van der Waals surface area contributed by atoms with Crippen molar-refractivity contribution in [3.05, 3.63) is 35.9 Å². The van der Waals surface area contributed by atoms with Crippen LogP contribution in [-0.4, -0.2) is 14.3 Å². The van der Waals surface area contributed by atoms with Crippen LogP contribution in [0.25, 0.3) is 5.53 Å². The van der Waals surface area contributed by atoms with E-state index >= 15 is 0 Å². The summed E-state index contributed by atoms with van der Waals surface area (Å²) in [6.07, 6.45) is 0. The Bertz CT molecular complexity index is 206. The van der Waals surface area contributed by atoms with E-state index in [1.807, 2.05) is 18.2 Å². The largest absolute Gasteiger partial charge is 0.706 e. The molecule has 1 rings (SSSR count). The van der Waals surface area contributed by atoms with Crippen molar-refractivity contribution in [3.63, 3.8) is 0 Å².